The van der Waals surface area contributed by atoms with Crippen molar-refractivity contribution in [1.29, 1.82) is 0 Å². The molecule has 2 N–H and O–H groups in total. The van der Waals surface area contributed by atoms with Crippen molar-refractivity contribution in [3.05, 3.63) is 36.5 Å². The number of unbranched alkanes of at least 4 members (excludes halogenated alkanes) is 2. The number of para-hydroxylation sites is 1. The van der Waals surface area contributed by atoms with Gasteiger partial charge in [-0.25, -0.2) is 0 Å². The molecule has 1 aromatic heterocycles. The predicted octanol–water partition coefficient (Wildman–Crippen LogP) is 2.95. The molecule has 0 radical (unpaired) electrons. The molecule has 1 amide bonds. The minimum atomic E-state index is 0.0626. The second-order valence-corrected chi connectivity index (χ2v) is 4.84. The Morgan fingerprint density at radius 2 is 2.00 bits per heavy atom. The van der Waals surface area contributed by atoms with Gasteiger partial charge in [0.2, 0.25) is 5.91 Å². The van der Waals surface area contributed by atoms with Gasteiger partial charge in [0, 0.05) is 18.0 Å². The fourth-order valence-corrected chi connectivity index (χ4v) is 2.18. The van der Waals surface area contributed by atoms with Crippen molar-refractivity contribution in [2.45, 2.75) is 25.7 Å². The number of hydrogen-bond donors (Lipinski definition) is 2. The summed E-state index contributed by atoms with van der Waals surface area (Å²) < 4.78 is 0. The molecule has 1 heterocycles. The van der Waals surface area contributed by atoms with Crippen LogP contribution in [0.15, 0.2) is 36.5 Å². The zero-order valence-electron chi connectivity index (χ0n) is 11.9. The minimum Gasteiger partial charge on any atom is -0.324 e. The van der Waals surface area contributed by atoms with E-state index in [9.17, 15) is 4.79 Å². The number of rotatable bonds is 7. The first-order valence-electron chi connectivity index (χ1n) is 7.09. The number of nitrogens with one attached hydrogen (secondary N) is 2. The molecule has 0 aliphatic heterocycles. The van der Waals surface area contributed by atoms with E-state index in [4.69, 9.17) is 0 Å². The van der Waals surface area contributed by atoms with E-state index in [1.54, 1.807) is 6.20 Å². The molecule has 0 saturated heterocycles. The average molecular weight is 271 g/mol. The first-order chi connectivity index (χ1) is 9.81. The summed E-state index contributed by atoms with van der Waals surface area (Å²) in [6.07, 6.45) is 5.41. The Balaban J connectivity index is 1.90. The maximum atomic E-state index is 11.9. The van der Waals surface area contributed by atoms with Crippen molar-refractivity contribution < 1.29 is 4.79 Å². The quantitative estimate of drug-likeness (QED) is 0.761. The Labute approximate surface area is 119 Å². The summed E-state index contributed by atoms with van der Waals surface area (Å²) in [5.74, 6) is 0.0626. The van der Waals surface area contributed by atoms with Gasteiger partial charge in [-0.1, -0.05) is 24.6 Å². The van der Waals surface area contributed by atoms with Gasteiger partial charge >= 0.3 is 0 Å². The number of fused-ring (bicyclic) bond motifs is 1. The van der Waals surface area contributed by atoms with E-state index >= 15 is 0 Å². The molecule has 1 aromatic carbocycles. The highest BCUT2D eigenvalue weighted by atomic mass is 16.1. The van der Waals surface area contributed by atoms with Crippen molar-refractivity contribution in [1.82, 2.24) is 10.3 Å². The molecular formula is C16H21N3O. The Morgan fingerprint density at radius 1 is 1.15 bits per heavy atom. The molecule has 2 aromatic rings. The Bertz CT molecular complexity index is 563. The second-order valence-electron chi connectivity index (χ2n) is 4.84. The Hall–Kier alpha value is -1.94. The number of nitrogens with zero attached hydrogens (tertiary/aromatic N) is 1. The molecule has 0 fully saturated rings. The van der Waals surface area contributed by atoms with Crippen molar-refractivity contribution in [2.24, 2.45) is 0 Å². The summed E-state index contributed by atoms with van der Waals surface area (Å²) in [5, 5.41) is 7.11. The van der Waals surface area contributed by atoms with E-state index in [1.165, 1.54) is 0 Å². The lowest BCUT2D eigenvalue weighted by Crippen LogP contribution is -2.12. The normalized spacial score (nSPS) is 10.7. The van der Waals surface area contributed by atoms with Crippen LogP contribution in [0.4, 0.5) is 5.69 Å². The van der Waals surface area contributed by atoms with Crippen LogP contribution in [0.25, 0.3) is 10.9 Å². The molecule has 0 saturated carbocycles. The topological polar surface area (TPSA) is 54.0 Å². The molecule has 20 heavy (non-hydrogen) atoms. The van der Waals surface area contributed by atoms with Crippen LogP contribution in [0.3, 0.4) is 0 Å². The number of carbonyl (C=O) groups excluding carboxylic acids is 1. The van der Waals surface area contributed by atoms with Crippen molar-refractivity contribution in [3.63, 3.8) is 0 Å². The van der Waals surface area contributed by atoms with Gasteiger partial charge in [-0.05, 0) is 38.6 Å². The van der Waals surface area contributed by atoms with E-state index in [0.29, 0.717) is 6.42 Å². The fourth-order valence-electron chi connectivity index (χ4n) is 2.18. The number of hydrogen-bond acceptors (Lipinski definition) is 3. The maximum absolute atomic E-state index is 11.9. The van der Waals surface area contributed by atoms with Crippen LogP contribution in [-0.2, 0) is 4.79 Å². The van der Waals surface area contributed by atoms with E-state index < -0.39 is 0 Å². The van der Waals surface area contributed by atoms with E-state index in [0.717, 1.165) is 42.4 Å². The molecule has 0 aliphatic carbocycles. The lowest BCUT2D eigenvalue weighted by Gasteiger charge is -2.08. The summed E-state index contributed by atoms with van der Waals surface area (Å²) >= 11 is 0. The molecule has 106 valence electrons. The number of amides is 1. The third-order valence-electron chi connectivity index (χ3n) is 3.24. The summed E-state index contributed by atoms with van der Waals surface area (Å²) in [4.78, 5) is 16.3. The highest BCUT2D eigenvalue weighted by Gasteiger charge is 2.06. The van der Waals surface area contributed by atoms with Gasteiger partial charge in [0.1, 0.15) is 0 Å². The van der Waals surface area contributed by atoms with E-state index in [2.05, 4.69) is 15.6 Å². The highest BCUT2D eigenvalue weighted by Crippen LogP contribution is 2.20. The Morgan fingerprint density at radius 3 is 2.85 bits per heavy atom. The number of benzene rings is 1. The van der Waals surface area contributed by atoms with Gasteiger partial charge in [-0.3, -0.25) is 9.78 Å². The standard InChI is InChI=1S/C16H21N3O/c1-17-11-4-2-3-10-15(20)19-14-9-5-7-13-8-6-12-18-16(13)14/h5-9,12,17H,2-4,10-11H2,1H3,(H,19,20). The van der Waals surface area contributed by atoms with Gasteiger partial charge in [-0.15, -0.1) is 0 Å². The lowest BCUT2D eigenvalue weighted by atomic mass is 10.1. The summed E-state index contributed by atoms with van der Waals surface area (Å²) in [6.45, 7) is 1.01. The number of anilines is 1. The lowest BCUT2D eigenvalue weighted by molar-refractivity contribution is -0.116. The molecule has 0 spiro atoms. The number of pyridine rings is 1. The first-order valence-corrected chi connectivity index (χ1v) is 7.09. The molecule has 0 atom stereocenters. The van der Waals surface area contributed by atoms with Crippen LogP contribution in [0.2, 0.25) is 0 Å². The third-order valence-corrected chi connectivity index (χ3v) is 3.24. The van der Waals surface area contributed by atoms with Crippen LogP contribution in [0.1, 0.15) is 25.7 Å². The largest absolute Gasteiger partial charge is 0.324 e. The highest BCUT2D eigenvalue weighted by molar-refractivity contribution is 6.00. The van der Waals surface area contributed by atoms with Gasteiger partial charge < -0.3 is 10.6 Å². The van der Waals surface area contributed by atoms with Crippen LogP contribution in [0, 0.1) is 0 Å². The van der Waals surface area contributed by atoms with Crippen LogP contribution >= 0.6 is 0 Å². The fraction of sp³-hybridized carbons (Fsp3) is 0.375. The van der Waals surface area contributed by atoms with Gasteiger partial charge in [0.25, 0.3) is 0 Å². The average Bonchev–Trinajstić information content (AvgIpc) is 2.47. The summed E-state index contributed by atoms with van der Waals surface area (Å²) in [5.41, 5.74) is 1.64. The number of aromatic nitrogens is 1. The van der Waals surface area contributed by atoms with Crippen molar-refractivity contribution in [2.75, 3.05) is 18.9 Å². The summed E-state index contributed by atoms with van der Waals surface area (Å²) in [7, 11) is 1.94. The SMILES string of the molecule is CNCCCCCC(=O)Nc1cccc2cccnc12. The first kappa shape index (κ1) is 14.5. The maximum Gasteiger partial charge on any atom is 0.224 e. The molecule has 4 heteroatoms. The van der Waals surface area contributed by atoms with Crippen molar-refractivity contribution >= 4 is 22.5 Å². The molecule has 0 aliphatic rings. The van der Waals surface area contributed by atoms with Crippen LogP contribution in [-0.4, -0.2) is 24.5 Å². The summed E-state index contributed by atoms with van der Waals surface area (Å²) in [6, 6.07) is 9.72. The van der Waals surface area contributed by atoms with Crippen molar-refractivity contribution in [3.8, 4) is 0 Å². The minimum absolute atomic E-state index is 0.0626. The molecular weight excluding hydrogens is 250 g/mol. The Kier molecular flexibility index (Phi) is 5.50. The third kappa shape index (κ3) is 4.03. The monoisotopic (exact) mass is 271 g/mol. The van der Waals surface area contributed by atoms with E-state index in [-0.39, 0.29) is 5.91 Å². The van der Waals surface area contributed by atoms with Gasteiger partial charge in [0.05, 0.1) is 11.2 Å². The van der Waals surface area contributed by atoms with Crippen LogP contribution < -0.4 is 10.6 Å². The zero-order valence-corrected chi connectivity index (χ0v) is 11.9. The molecule has 0 bridgehead atoms. The molecule has 4 nitrogen and oxygen atoms in total. The zero-order chi connectivity index (χ0) is 14.2. The van der Waals surface area contributed by atoms with Gasteiger partial charge in [-0.2, -0.15) is 0 Å². The second kappa shape index (κ2) is 7.60. The molecule has 2 rings (SSSR count). The smallest absolute Gasteiger partial charge is 0.224 e. The predicted molar refractivity (Wildman–Crippen MR) is 82.8 cm³/mol. The number of carbonyl (C=O) groups is 1. The van der Waals surface area contributed by atoms with Crippen LogP contribution in [0.5, 0.6) is 0 Å². The van der Waals surface area contributed by atoms with E-state index in [1.807, 2.05) is 37.4 Å². The molecule has 0 unspecified atom stereocenters. The van der Waals surface area contributed by atoms with Gasteiger partial charge in [0.15, 0.2) is 0 Å².